The van der Waals surface area contributed by atoms with Gasteiger partial charge in [0.05, 0.1) is 6.10 Å². The SMILES string of the molecule is C=C(C)C1CCC2(C)CCC3(C)C(CCC4C5CCC(O)C(C)(C)C5CCC43C)C12. The molecule has 0 amide bonds. The minimum Gasteiger partial charge on any atom is -0.393 e. The summed E-state index contributed by atoms with van der Waals surface area (Å²) >= 11 is 0. The summed E-state index contributed by atoms with van der Waals surface area (Å²) in [5.74, 6) is 4.96. The summed E-state index contributed by atoms with van der Waals surface area (Å²) in [6.45, 7) is 19.6. The van der Waals surface area contributed by atoms with Crippen LogP contribution in [0.25, 0.3) is 0 Å². The second-order valence-electron chi connectivity index (χ2n) is 14.0. The lowest BCUT2D eigenvalue weighted by Crippen LogP contribution is -2.63. The number of aliphatic hydroxyl groups is 1. The van der Waals surface area contributed by atoms with E-state index in [1.807, 2.05) is 0 Å². The van der Waals surface area contributed by atoms with Gasteiger partial charge in [-0.1, -0.05) is 46.8 Å². The summed E-state index contributed by atoms with van der Waals surface area (Å²) in [6.07, 6.45) is 13.5. The summed E-state index contributed by atoms with van der Waals surface area (Å²) in [4.78, 5) is 0. The highest BCUT2D eigenvalue weighted by atomic mass is 16.3. The second-order valence-corrected chi connectivity index (χ2v) is 14.0. The molecule has 5 saturated carbocycles. The van der Waals surface area contributed by atoms with Gasteiger partial charge in [-0.25, -0.2) is 0 Å². The van der Waals surface area contributed by atoms with Crippen molar-refractivity contribution >= 4 is 0 Å². The van der Waals surface area contributed by atoms with Gasteiger partial charge in [0.2, 0.25) is 0 Å². The maximum Gasteiger partial charge on any atom is 0.0594 e. The van der Waals surface area contributed by atoms with Gasteiger partial charge in [-0.3, -0.25) is 0 Å². The van der Waals surface area contributed by atoms with Crippen molar-refractivity contribution in [1.29, 1.82) is 0 Å². The van der Waals surface area contributed by atoms with Crippen LogP contribution < -0.4 is 0 Å². The van der Waals surface area contributed by atoms with E-state index >= 15 is 0 Å². The smallest absolute Gasteiger partial charge is 0.0594 e. The van der Waals surface area contributed by atoms with Gasteiger partial charge < -0.3 is 5.11 Å². The van der Waals surface area contributed by atoms with Crippen molar-refractivity contribution in [2.24, 2.45) is 57.2 Å². The minimum atomic E-state index is -0.0970. The van der Waals surface area contributed by atoms with E-state index in [4.69, 9.17) is 0 Å². The number of rotatable bonds is 1. The molecule has 0 aromatic heterocycles. The Bertz CT molecular complexity index is 722. The maximum absolute atomic E-state index is 10.8. The molecule has 5 fully saturated rings. The van der Waals surface area contributed by atoms with Crippen LogP contribution in [-0.4, -0.2) is 11.2 Å². The van der Waals surface area contributed by atoms with Crippen LogP contribution in [0.5, 0.6) is 0 Å². The van der Waals surface area contributed by atoms with E-state index in [0.717, 1.165) is 41.9 Å². The zero-order valence-corrected chi connectivity index (χ0v) is 20.8. The molecule has 0 aliphatic heterocycles. The van der Waals surface area contributed by atoms with Gasteiger partial charge in [0.15, 0.2) is 0 Å². The van der Waals surface area contributed by atoms with Crippen LogP contribution >= 0.6 is 0 Å². The molecule has 30 heavy (non-hydrogen) atoms. The molecule has 0 radical (unpaired) electrons. The Hall–Kier alpha value is -0.300. The number of fused-ring (bicyclic) bond motifs is 7. The molecule has 0 bridgehead atoms. The van der Waals surface area contributed by atoms with Gasteiger partial charge in [-0.15, -0.1) is 0 Å². The minimum absolute atomic E-state index is 0.0970. The fraction of sp³-hybridized carbons (Fsp3) is 0.931. The van der Waals surface area contributed by atoms with Gasteiger partial charge >= 0.3 is 0 Å². The molecule has 1 nitrogen and oxygen atoms in total. The Kier molecular flexibility index (Phi) is 4.75. The summed E-state index contributed by atoms with van der Waals surface area (Å²) in [7, 11) is 0. The van der Waals surface area contributed by atoms with Crippen molar-refractivity contribution < 1.29 is 5.11 Å². The van der Waals surface area contributed by atoms with Crippen molar-refractivity contribution in [2.75, 3.05) is 0 Å². The van der Waals surface area contributed by atoms with Gasteiger partial charge in [0.1, 0.15) is 0 Å². The first-order chi connectivity index (χ1) is 14.0. The molecule has 0 saturated heterocycles. The van der Waals surface area contributed by atoms with Gasteiger partial charge in [-0.05, 0) is 128 Å². The number of aliphatic hydroxyl groups excluding tert-OH is 1. The quantitative estimate of drug-likeness (QED) is 0.439. The lowest BCUT2D eigenvalue weighted by atomic mass is 9.35. The second kappa shape index (κ2) is 6.61. The van der Waals surface area contributed by atoms with Crippen molar-refractivity contribution in [2.45, 2.75) is 112 Å². The Balaban J connectivity index is 1.51. The van der Waals surface area contributed by atoms with Crippen molar-refractivity contribution in [3.8, 4) is 0 Å². The first kappa shape index (κ1) is 21.5. The molecule has 1 heteroatoms. The van der Waals surface area contributed by atoms with E-state index in [1.165, 1.54) is 63.4 Å². The average Bonchev–Trinajstić information content (AvgIpc) is 3.03. The fourth-order valence-electron chi connectivity index (χ4n) is 10.8. The van der Waals surface area contributed by atoms with E-state index in [0.29, 0.717) is 16.2 Å². The molecule has 5 rings (SSSR count). The highest BCUT2D eigenvalue weighted by molar-refractivity contribution is 5.19. The normalized spacial score (nSPS) is 57.0. The lowest BCUT2D eigenvalue weighted by Gasteiger charge is -2.70. The average molecular weight is 413 g/mol. The van der Waals surface area contributed by atoms with Gasteiger partial charge in [0, 0.05) is 0 Å². The molecule has 1 N–H and O–H groups in total. The fourth-order valence-corrected chi connectivity index (χ4v) is 10.8. The van der Waals surface area contributed by atoms with E-state index in [-0.39, 0.29) is 11.5 Å². The number of allylic oxidation sites excluding steroid dienone is 1. The molecule has 0 aromatic rings. The summed E-state index contributed by atoms with van der Waals surface area (Å²) in [6, 6.07) is 0. The van der Waals surface area contributed by atoms with Crippen LogP contribution in [0.2, 0.25) is 0 Å². The zero-order valence-electron chi connectivity index (χ0n) is 20.8. The van der Waals surface area contributed by atoms with Crippen molar-refractivity contribution in [3.63, 3.8) is 0 Å². The molecular formula is C29H48O. The number of hydrogen-bond donors (Lipinski definition) is 1. The van der Waals surface area contributed by atoms with Gasteiger partial charge in [0.25, 0.3) is 0 Å². The van der Waals surface area contributed by atoms with Crippen LogP contribution in [0.3, 0.4) is 0 Å². The number of hydrogen-bond acceptors (Lipinski definition) is 1. The Morgan fingerprint density at radius 3 is 2.10 bits per heavy atom. The lowest BCUT2D eigenvalue weighted by molar-refractivity contribution is -0.217. The monoisotopic (exact) mass is 412 g/mol. The predicted octanol–water partition coefficient (Wildman–Crippen LogP) is 7.63. The highest BCUT2D eigenvalue weighted by Crippen LogP contribution is 2.75. The largest absolute Gasteiger partial charge is 0.393 e. The molecule has 10 atom stereocenters. The van der Waals surface area contributed by atoms with Gasteiger partial charge in [-0.2, -0.15) is 0 Å². The Morgan fingerprint density at radius 1 is 0.733 bits per heavy atom. The summed E-state index contributed by atoms with van der Waals surface area (Å²) in [5, 5.41) is 10.8. The van der Waals surface area contributed by atoms with E-state index in [2.05, 4.69) is 48.1 Å². The molecule has 0 aromatic carbocycles. The zero-order chi connectivity index (χ0) is 21.7. The maximum atomic E-state index is 10.8. The van der Waals surface area contributed by atoms with Crippen molar-refractivity contribution in [3.05, 3.63) is 12.2 Å². The molecular weight excluding hydrogens is 364 g/mol. The van der Waals surface area contributed by atoms with Crippen molar-refractivity contribution in [1.82, 2.24) is 0 Å². The van der Waals surface area contributed by atoms with E-state index in [9.17, 15) is 5.11 Å². The third kappa shape index (κ3) is 2.57. The van der Waals surface area contributed by atoms with Crippen LogP contribution in [-0.2, 0) is 0 Å². The standard InChI is InChI=1S/C29H48O/c1-18(2)19-12-14-27(5)16-17-29(7)23(25(19)27)10-9-22-20-8-11-24(30)26(3,4)21(20)13-15-28(22,29)6/h19-25,30H,1,8-17H2,2-7H3. The topological polar surface area (TPSA) is 20.2 Å². The summed E-state index contributed by atoms with van der Waals surface area (Å²) in [5.41, 5.74) is 3.10. The molecule has 0 heterocycles. The Labute approximate surface area is 186 Å². The molecule has 10 unspecified atom stereocenters. The summed E-state index contributed by atoms with van der Waals surface area (Å²) < 4.78 is 0. The van der Waals surface area contributed by atoms with Crippen LogP contribution in [0.1, 0.15) is 106 Å². The van der Waals surface area contributed by atoms with E-state index in [1.54, 1.807) is 0 Å². The first-order valence-electron chi connectivity index (χ1n) is 13.3. The first-order valence-corrected chi connectivity index (χ1v) is 13.3. The third-order valence-electron chi connectivity index (χ3n) is 12.9. The molecule has 0 spiro atoms. The van der Waals surface area contributed by atoms with Crippen LogP contribution in [0.4, 0.5) is 0 Å². The molecule has 5 aliphatic rings. The van der Waals surface area contributed by atoms with Crippen LogP contribution in [0, 0.1) is 57.2 Å². The molecule has 170 valence electrons. The molecule has 5 aliphatic carbocycles. The van der Waals surface area contributed by atoms with Crippen LogP contribution in [0.15, 0.2) is 12.2 Å². The highest BCUT2D eigenvalue weighted by Gasteiger charge is 2.67. The Morgan fingerprint density at radius 2 is 1.40 bits per heavy atom. The van der Waals surface area contributed by atoms with E-state index < -0.39 is 0 Å². The predicted molar refractivity (Wildman–Crippen MR) is 126 cm³/mol. The third-order valence-corrected chi connectivity index (χ3v) is 12.9.